The molecular weight excluding hydrogens is 362 g/mol. The van der Waals surface area contributed by atoms with Crippen LogP contribution in [-0.2, 0) is 17.8 Å². The molecule has 1 amide bonds. The Morgan fingerprint density at radius 1 is 0.929 bits per heavy atom. The Morgan fingerprint density at radius 2 is 1.61 bits per heavy atom. The summed E-state index contributed by atoms with van der Waals surface area (Å²) < 4.78 is 27.1. The second-order valence-corrected chi connectivity index (χ2v) is 6.27. The second-order valence-electron chi connectivity index (χ2n) is 6.27. The van der Waals surface area contributed by atoms with Gasteiger partial charge in [-0.1, -0.05) is 6.07 Å². The van der Waals surface area contributed by atoms with E-state index in [9.17, 15) is 4.79 Å². The molecule has 2 aromatic rings. The third-order valence-corrected chi connectivity index (χ3v) is 4.51. The first kappa shape index (κ1) is 19.7. The summed E-state index contributed by atoms with van der Waals surface area (Å²) in [6.07, 6.45) is 0.987. The second kappa shape index (κ2) is 9.21. The van der Waals surface area contributed by atoms with E-state index in [2.05, 4.69) is 5.32 Å². The molecule has 1 N–H and O–H groups in total. The highest BCUT2D eigenvalue weighted by molar-refractivity contribution is 5.76. The summed E-state index contributed by atoms with van der Waals surface area (Å²) >= 11 is 0. The highest BCUT2D eigenvalue weighted by Gasteiger charge is 2.14. The predicted octanol–water partition coefficient (Wildman–Crippen LogP) is 2.73. The van der Waals surface area contributed by atoms with Crippen molar-refractivity contribution < 1.29 is 28.5 Å². The van der Waals surface area contributed by atoms with Gasteiger partial charge < -0.3 is 29.0 Å². The molecule has 7 heteroatoms. The molecule has 1 heterocycles. The molecule has 0 fully saturated rings. The molecule has 28 heavy (non-hydrogen) atoms. The molecule has 3 rings (SSSR count). The molecule has 150 valence electrons. The van der Waals surface area contributed by atoms with Gasteiger partial charge in [0.2, 0.25) is 5.91 Å². The van der Waals surface area contributed by atoms with Gasteiger partial charge in [-0.3, -0.25) is 4.79 Å². The molecule has 0 saturated heterocycles. The van der Waals surface area contributed by atoms with Gasteiger partial charge in [0.1, 0.15) is 19.0 Å². The van der Waals surface area contributed by atoms with Gasteiger partial charge in [0, 0.05) is 24.6 Å². The van der Waals surface area contributed by atoms with Crippen molar-refractivity contribution in [2.75, 3.05) is 34.5 Å². The average molecular weight is 387 g/mol. The third-order valence-electron chi connectivity index (χ3n) is 4.51. The fraction of sp³-hybridized carbons (Fsp3) is 0.381. The number of carbonyl (C=O) groups is 1. The van der Waals surface area contributed by atoms with Crippen LogP contribution < -0.4 is 29.0 Å². The fourth-order valence-corrected chi connectivity index (χ4v) is 3.01. The van der Waals surface area contributed by atoms with Crippen molar-refractivity contribution in [2.24, 2.45) is 0 Å². The quantitative estimate of drug-likeness (QED) is 0.751. The van der Waals surface area contributed by atoms with E-state index in [0.717, 1.165) is 22.6 Å². The zero-order valence-corrected chi connectivity index (χ0v) is 16.4. The van der Waals surface area contributed by atoms with E-state index < -0.39 is 0 Å². The summed E-state index contributed by atoms with van der Waals surface area (Å²) in [4.78, 5) is 12.3. The predicted molar refractivity (Wildman–Crippen MR) is 104 cm³/mol. The summed E-state index contributed by atoms with van der Waals surface area (Å²) in [7, 11) is 4.71. The van der Waals surface area contributed by atoms with Gasteiger partial charge in [-0.05, 0) is 30.2 Å². The van der Waals surface area contributed by atoms with Crippen molar-refractivity contribution >= 4 is 5.91 Å². The summed E-state index contributed by atoms with van der Waals surface area (Å²) in [5.41, 5.74) is 1.84. The van der Waals surface area contributed by atoms with Crippen LogP contribution in [0.15, 0.2) is 30.3 Å². The van der Waals surface area contributed by atoms with Crippen molar-refractivity contribution in [2.45, 2.75) is 19.4 Å². The molecule has 0 spiro atoms. The molecule has 0 atom stereocenters. The first-order valence-electron chi connectivity index (χ1n) is 9.08. The molecule has 0 saturated carbocycles. The minimum Gasteiger partial charge on any atom is -0.496 e. The van der Waals surface area contributed by atoms with Gasteiger partial charge in [-0.2, -0.15) is 0 Å². The van der Waals surface area contributed by atoms with Crippen LogP contribution in [0.2, 0.25) is 0 Å². The van der Waals surface area contributed by atoms with Gasteiger partial charge in [0.25, 0.3) is 0 Å². The number of fused-ring (bicyclic) bond motifs is 1. The van der Waals surface area contributed by atoms with Gasteiger partial charge >= 0.3 is 0 Å². The van der Waals surface area contributed by atoms with Crippen molar-refractivity contribution in [1.29, 1.82) is 0 Å². The molecule has 1 aliphatic rings. The molecule has 0 bridgehead atoms. The topological polar surface area (TPSA) is 75.2 Å². The smallest absolute Gasteiger partial charge is 0.220 e. The Bertz CT molecular complexity index is 836. The Labute approximate surface area is 164 Å². The largest absolute Gasteiger partial charge is 0.496 e. The first-order valence-corrected chi connectivity index (χ1v) is 9.08. The van der Waals surface area contributed by atoms with Crippen molar-refractivity contribution in [3.8, 4) is 28.7 Å². The lowest BCUT2D eigenvalue weighted by atomic mass is 10.1. The molecule has 0 radical (unpaired) electrons. The number of benzene rings is 2. The van der Waals surface area contributed by atoms with Crippen molar-refractivity contribution in [1.82, 2.24) is 5.32 Å². The van der Waals surface area contributed by atoms with Crippen molar-refractivity contribution in [3.63, 3.8) is 0 Å². The van der Waals surface area contributed by atoms with Crippen LogP contribution in [0.1, 0.15) is 17.5 Å². The molecule has 0 aliphatic carbocycles. The summed E-state index contributed by atoms with van der Waals surface area (Å²) in [5.74, 6) is 3.23. The lowest BCUT2D eigenvalue weighted by molar-refractivity contribution is -0.121. The number of aryl methyl sites for hydroxylation is 1. The fourth-order valence-electron chi connectivity index (χ4n) is 3.01. The maximum atomic E-state index is 12.3. The third kappa shape index (κ3) is 4.60. The minimum absolute atomic E-state index is 0.0493. The number of carbonyl (C=O) groups excluding carboxylic acids is 1. The van der Waals surface area contributed by atoms with Gasteiger partial charge in [-0.25, -0.2) is 0 Å². The van der Waals surface area contributed by atoms with Crippen LogP contribution in [0.25, 0.3) is 0 Å². The Kier molecular flexibility index (Phi) is 6.47. The number of nitrogens with one attached hydrogen (secondary N) is 1. The van der Waals surface area contributed by atoms with E-state index in [-0.39, 0.29) is 5.91 Å². The molecular formula is C21H25NO6. The molecule has 0 aromatic heterocycles. The van der Waals surface area contributed by atoms with E-state index >= 15 is 0 Å². The number of methoxy groups -OCH3 is 3. The Hall–Kier alpha value is -3.09. The molecule has 2 aromatic carbocycles. The normalized spacial score (nSPS) is 12.2. The number of hydrogen-bond acceptors (Lipinski definition) is 6. The van der Waals surface area contributed by atoms with E-state index in [1.807, 2.05) is 18.2 Å². The molecule has 0 unspecified atom stereocenters. The van der Waals surface area contributed by atoms with Crippen LogP contribution in [0.5, 0.6) is 28.7 Å². The number of rotatable bonds is 8. The highest BCUT2D eigenvalue weighted by atomic mass is 16.6. The summed E-state index contributed by atoms with van der Waals surface area (Å²) in [5, 5.41) is 2.92. The van der Waals surface area contributed by atoms with E-state index in [1.165, 1.54) is 0 Å². The van der Waals surface area contributed by atoms with Crippen molar-refractivity contribution in [3.05, 3.63) is 41.5 Å². The van der Waals surface area contributed by atoms with E-state index in [4.69, 9.17) is 23.7 Å². The monoisotopic (exact) mass is 387 g/mol. The van der Waals surface area contributed by atoms with Crippen LogP contribution >= 0.6 is 0 Å². The molecule has 1 aliphatic heterocycles. The van der Waals surface area contributed by atoms with Crippen LogP contribution in [0, 0.1) is 0 Å². The zero-order chi connectivity index (χ0) is 19.9. The lowest BCUT2D eigenvalue weighted by Crippen LogP contribution is -2.23. The highest BCUT2D eigenvalue weighted by Crippen LogP contribution is 2.34. The maximum absolute atomic E-state index is 12.3. The van der Waals surface area contributed by atoms with Gasteiger partial charge in [0.05, 0.1) is 21.3 Å². The number of amides is 1. The SMILES string of the molecule is COc1cc(OC)c(OC)cc1CNC(=O)CCc1ccc2c(c1)OCCO2. The standard InChI is InChI=1S/C21H25NO6/c1-24-17-12-19(26-3)18(25-2)11-15(17)13-22-21(23)7-5-14-4-6-16-20(10-14)28-9-8-27-16/h4,6,10-12H,5,7-9,13H2,1-3H3,(H,22,23). The Balaban J connectivity index is 1.57. The number of hydrogen-bond donors (Lipinski definition) is 1. The van der Waals surface area contributed by atoms with Gasteiger partial charge in [-0.15, -0.1) is 0 Å². The maximum Gasteiger partial charge on any atom is 0.220 e. The minimum atomic E-state index is -0.0493. The average Bonchev–Trinajstić information content (AvgIpc) is 2.75. The van der Waals surface area contributed by atoms with Gasteiger partial charge in [0.15, 0.2) is 23.0 Å². The van der Waals surface area contributed by atoms with Crippen LogP contribution in [-0.4, -0.2) is 40.5 Å². The Morgan fingerprint density at radius 3 is 2.32 bits per heavy atom. The molecule has 7 nitrogen and oxygen atoms in total. The lowest BCUT2D eigenvalue weighted by Gasteiger charge is -2.18. The van der Waals surface area contributed by atoms with E-state index in [0.29, 0.717) is 49.8 Å². The summed E-state index contributed by atoms with van der Waals surface area (Å²) in [6, 6.07) is 9.32. The number of ether oxygens (including phenoxy) is 5. The summed E-state index contributed by atoms with van der Waals surface area (Å²) in [6.45, 7) is 1.45. The first-order chi connectivity index (χ1) is 13.6. The zero-order valence-electron chi connectivity index (χ0n) is 16.4. The van der Waals surface area contributed by atoms with Crippen LogP contribution in [0.3, 0.4) is 0 Å². The van der Waals surface area contributed by atoms with Crippen LogP contribution in [0.4, 0.5) is 0 Å². The van der Waals surface area contributed by atoms with E-state index in [1.54, 1.807) is 33.5 Å².